The van der Waals surface area contributed by atoms with Crippen molar-refractivity contribution in [2.24, 2.45) is 5.41 Å². The van der Waals surface area contributed by atoms with Crippen molar-refractivity contribution in [3.05, 3.63) is 41.7 Å². The van der Waals surface area contributed by atoms with Gasteiger partial charge in [-0.05, 0) is 55.9 Å². The third-order valence-corrected chi connectivity index (χ3v) is 5.23. The molecule has 134 valence electrons. The zero-order valence-electron chi connectivity index (χ0n) is 14.3. The Labute approximate surface area is 146 Å². The third kappa shape index (κ3) is 3.83. The van der Waals surface area contributed by atoms with Gasteiger partial charge in [0.05, 0.1) is 5.41 Å². The molecule has 0 radical (unpaired) electrons. The van der Waals surface area contributed by atoms with Crippen molar-refractivity contribution < 1.29 is 19.1 Å². The van der Waals surface area contributed by atoms with Crippen molar-refractivity contribution in [3.63, 3.8) is 0 Å². The number of benzene rings is 1. The Hall–Kier alpha value is -2.37. The van der Waals surface area contributed by atoms with Crippen LogP contribution in [-0.4, -0.2) is 41.1 Å². The van der Waals surface area contributed by atoms with Crippen LogP contribution in [0.1, 0.15) is 38.2 Å². The monoisotopic (exact) mass is 346 g/mol. The lowest BCUT2D eigenvalue weighted by molar-refractivity contribution is -0.147. The van der Waals surface area contributed by atoms with Gasteiger partial charge in [-0.15, -0.1) is 0 Å². The molecular formula is C19H23FN2O3. The topological polar surface area (TPSA) is 69.6 Å². The molecule has 3 rings (SSSR count). The molecule has 5 nitrogen and oxygen atoms in total. The van der Waals surface area contributed by atoms with Crippen molar-refractivity contribution in [2.75, 3.05) is 13.1 Å². The second kappa shape index (κ2) is 6.86. The van der Waals surface area contributed by atoms with Crippen molar-refractivity contribution in [1.29, 1.82) is 0 Å². The summed E-state index contributed by atoms with van der Waals surface area (Å²) in [6.45, 7) is 2.40. The minimum absolute atomic E-state index is 0.0494. The average Bonchev–Trinajstić information content (AvgIpc) is 3.00. The number of carbonyl (C=O) groups excluding carboxylic acids is 1. The number of allylic oxidation sites excluding steroid dienone is 1. The van der Waals surface area contributed by atoms with E-state index in [-0.39, 0.29) is 24.4 Å². The molecule has 2 N–H and O–H groups in total. The number of urea groups is 1. The molecule has 2 amide bonds. The van der Waals surface area contributed by atoms with Gasteiger partial charge in [-0.25, -0.2) is 9.18 Å². The molecule has 6 heteroatoms. The molecule has 2 unspecified atom stereocenters. The first kappa shape index (κ1) is 17.5. The summed E-state index contributed by atoms with van der Waals surface area (Å²) in [5.74, 6) is -1.10. The van der Waals surface area contributed by atoms with E-state index in [0.29, 0.717) is 13.0 Å². The molecule has 25 heavy (non-hydrogen) atoms. The number of carboxylic acids is 1. The van der Waals surface area contributed by atoms with E-state index >= 15 is 0 Å². The summed E-state index contributed by atoms with van der Waals surface area (Å²) < 4.78 is 13.0. The van der Waals surface area contributed by atoms with Crippen LogP contribution in [0.2, 0.25) is 0 Å². The average molecular weight is 346 g/mol. The van der Waals surface area contributed by atoms with Gasteiger partial charge in [0.25, 0.3) is 0 Å². The van der Waals surface area contributed by atoms with Crippen LogP contribution in [0.3, 0.4) is 0 Å². The first-order valence-electron chi connectivity index (χ1n) is 8.61. The van der Waals surface area contributed by atoms with Crippen molar-refractivity contribution >= 4 is 17.6 Å². The Morgan fingerprint density at radius 1 is 1.32 bits per heavy atom. The van der Waals surface area contributed by atoms with Crippen LogP contribution in [0.5, 0.6) is 0 Å². The van der Waals surface area contributed by atoms with E-state index in [4.69, 9.17) is 0 Å². The summed E-state index contributed by atoms with van der Waals surface area (Å²) in [5, 5.41) is 12.3. The lowest BCUT2D eigenvalue weighted by atomic mass is 9.90. The van der Waals surface area contributed by atoms with Crippen LogP contribution in [0.4, 0.5) is 9.18 Å². The Morgan fingerprint density at radius 3 is 2.60 bits per heavy atom. The molecule has 1 aromatic carbocycles. The molecule has 1 aliphatic carbocycles. The van der Waals surface area contributed by atoms with Gasteiger partial charge in [0, 0.05) is 19.1 Å². The Kier molecular flexibility index (Phi) is 4.79. The maximum Gasteiger partial charge on any atom is 0.317 e. The molecule has 0 bridgehead atoms. The summed E-state index contributed by atoms with van der Waals surface area (Å²) in [6, 6.07) is 6.32. The second-order valence-corrected chi connectivity index (χ2v) is 7.19. The summed E-state index contributed by atoms with van der Waals surface area (Å²) in [4.78, 5) is 25.2. The van der Waals surface area contributed by atoms with Gasteiger partial charge in [0.1, 0.15) is 5.82 Å². The fraction of sp³-hybridized carbons (Fsp3) is 0.474. The summed E-state index contributed by atoms with van der Waals surface area (Å²) in [7, 11) is 0. The van der Waals surface area contributed by atoms with Gasteiger partial charge < -0.3 is 15.3 Å². The lowest BCUT2D eigenvalue weighted by Gasteiger charge is -2.27. The normalized spacial score (nSPS) is 26.2. The van der Waals surface area contributed by atoms with Gasteiger partial charge in [-0.2, -0.15) is 0 Å². The fourth-order valence-corrected chi connectivity index (χ4v) is 3.47. The number of likely N-dealkylation sites (tertiary alicyclic amines) is 1. The minimum atomic E-state index is -0.854. The predicted octanol–water partition coefficient (Wildman–Crippen LogP) is 3.27. The third-order valence-electron chi connectivity index (χ3n) is 5.23. The van der Waals surface area contributed by atoms with E-state index < -0.39 is 11.4 Å². The van der Waals surface area contributed by atoms with Gasteiger partial charge in [0.15, 0.2) is 0 Å². The first-order chi connectivity index (χ1) is 11.9. The molecule has 1 aliphatic heterocycles. The SMILES string of the molecule is CC1(C(=O)O)CCN(C(=O)NC2CC=C(c3ccc(F)cc3)CC2)C1. The minimum Gasteiger partial charge on any atom is -0.481 e. The predicted molar refractivity (Wildman–Crippen MR) is 92.5 cm³/mol. The molecule has 2 aliphatic rings. The number of halogens is 1. The summed E-state index contributed by atoms with van der Waals surface area (Å²) >= 11 is 0. The highest BCUT2D eigenvalue weighted by Crippen LogP contribution is 2.31. The van der Waals surface area contributed by atoms with Gasteiger partial charge in [-0.1, -0.05) is 18.2 Å². The zero-order chi connectivity index (χ0) is 18.0. The smallest absolute Gasteiger partial charge is 0.317 e. The van der Waals surface area contributed by atoms with Crippen molar-refractivity contribution in [1.82, 2.24) is 10.2 Å². The van der Waals surface area contributed by atoms with Crippen molar-refractivity contribution in [2.45, 2.75) is 38.6 Å². The van der Waals surface area contributed by atoms with Crippen LogP contribution in [0.15, 0.2) is 30.3 Å². The molecule has 1 heterocycles. The van der Waals surface area contributed by atoms with Crippen LogP contribution in [-0.2, 0) is 4.79 Å². The maximum absolute atomic E-state index is 13.0. The number of nitrogens with one attached hydrogen (secondary N) is 1. The molecule has 0 saturated carbocycles. The van der Waals surface area contributed by atoms with E-state index in [0.717, 1.165) is 24.8 Å². The second-order valence-electron chi connectivity index (χ2n) is 7.19. The highest BCUT2D eigenvalue weighted by atomic mass is 19.1. The van der Waals surface area contributed by atoms with Crippen molar-refractivity contribution in [3.8, 4) is 0 Å². The Morgan fingerprint density at radius 2 is 2.04 bits per heavy atom. The molecule has 1 saturated heterocycles. The standard InChI is InChI=1S/C19H23FN2O3/c1-19(17(23)24)10-11-22(12-19)18(25)21-16-8-4-14(5-9-16)13-2-6-15(20)7-3-13/h2-4,6-7,16H,5,8-12H2,1H3,(H,21,25)(H,23,24). The van der Waals surface area contributed by atoms with E-state index in [2.05, 4.69) is 11.4 Å². The van der Waals surface area contributed by atoms with Crippen LogP contribution >= 0.6 is 0 Å². The lowest BCUT2D eigenvalue weighted by Crippen LogP contribution is -2.45. The first-order valence-corrected chi connectivity index (χ1v) is 8.61. The molecule has 1 fully saturated rings. The number of amides is 2. The van der Waals surface area contributed by atoms with Crippen LogP contribution in [0.25, 0.3) is 5.57 Å². The fourth-order valence-electron chi connectivity index (χ4n) is 3.47. The maximum atomic E-state index is 13.0. The Balaban J connectivity index is 1.54. The number of aliphatic carboxylic acids is 1. The zero-order valence-corrected chi connectivity index (χ0v) is 14.3. The van der Waals surface area contributed by atoms with Gasteiger partial charge in [-0.3, -0.25) is 4.79 Å². The molecule has 0 aromatic heterocycles. The summed E-state index contributed by atoms with van der Waals surface area (Å²) in [6.07, 6.45) is 4.94. The van der Waals surface area contributed by atoms with Gasteiger partial charge >= 0.3 is 12.0 Å². The number of nitrogens with zero attached hydrogens (tertiary/aromatic N) is 1. The quantitative estimate of drug-likeness (QED) is 0.882. The summed E-state index contributed by atoms with van der Waals surface area (Å²) in [5.41, 5.74) is 1.34. The largest absolute Gasteiger partial charge is 0.481 e. The van der Waals surface area contributed by atoms with Crippen LogP contribution in [0, 0.1) is 11.2 Å². The number of rotatable bonds is 3. The van der Waals surface area contributed by atoms with E-state index in [1.54, 1.807) is 24.0 Å². The highest BCUT2D eigenvalue weighted by Gasteiger charge is 2.42. The van der Waals surface area contributed by atoms with E-state index in [1.165, 1.54) is 17.7 Å². The van der Waals surface area contributed by atoms with E-state index in [1.807, 2.05) is 0 Å². The molecule has 1 aromatic rings. The number of carbonyl (C=O) groups is 2. The molecule has 0 spiro atoms. The van der Waals surface area contributed by atoms with Gasteiger partial charge in [0.2, 0.25) is 0 Å². The Bertz CT molecular complexity index is 701. The van der Waals surface area contributed by atoms with E-state index in [9.17, 15) is 19.1 Å². The number of hydrogen-bond donors (Lipinski definition) is 2. The molecule has 2 atom stereocenters. The number of hydrogen-bond acceptors (Lipinski definition) is 2. The molecular weight excluding hydrogens is 323 g/mol. The highest BCUT2D eigenvalue weighted by molar-refractivity contribution is 5.79. The van der Waals surface area contributed by atoms with Crippen LogP contribution < -0.4 is 5.32 Å². The number of carboxylic acid groups (broad SMARTS) is 1.